The van der Waals surface area contributed by atoms with E-state index in [0.717, 1.165) is 43.1 Å². The van der Waals surface area contributed by atoms with Crippen LogP contribution < -0.4 is 14.4 Å². The van der Waals surface area contributed by atoms with Crippen LogP contribution in [0.1, 0.15) is 69.4 Å². The summed E-state index contributed by atoms with van der Waals surface area (Å²) in [5, 5.41) is 3.62. The molecule has 1 aliphatic carbocycles. The van der Waals surface area contributed by atoms with Crippen LogP contribution in [-0.4, -0.2) is 57.1 Å². The molecule has 2 aromatic carbocycles. The summed E-state index contributed by atoms with van der Waals surface area (Å²) in [7, 11) is -2.01. The molecule has 0 heterocycles. The van der Waals surface area contributed by atoms with Crippen molar-refractivity contribution in [2.24, 2.45) is 0 Å². The summed E-state index contributed by atoms with van der Waals surface area (Å²) >= 11 is 6.16. The van der Waals surface area contributed by atoms with Crippen molar-refractivity contribution in [3.8, 4) is 5.75 Å². The first-order valence-electron chi connectivity index (χ1n) is 14.0. The Labute approximate surface area is 244 Å². The number of anilines is 1. The van der Waals surface area contributed by atoms with Crippen LogP contribution in [0.5, 0.6) is 5.75 Å². The highest BCUT2D eigenvalue weighted by atomic mass is 35.5. The monoisotopic (exact) mass is 591 g/mol. The summed E-state index contributed by atoms with van der Waals surface area (Å²) < 4.78 is 31.9. The van der Waals surface area contributed by atoms with Crippen molar-refractivity contribution in [3.63, 3.8) is 0 Å². The van der Waals surface area contributed by atoms with E-state index in [9.17, 15) is 18.0 Å². The third-order valence-electron chi connectivity index (χ3n) is 7.44. The molecule has 220 valence electrons. The molecule has 40 heavy (non-hydrogen) atoms. The minimum absolute atomic E-state index is 0.0923. The molecule has 1 unspecified atom stereocenters. The number of aryl methyl sites for hydroxylation is 1. The van der Waals surface area contributed by atoms with Gasteiger partial charge in [0.25, 0.3) is 0 Å². The molecule has 2 amide bonds. The molecule has 0 bridgehead atoms. The number of hydrogen-bond donors (Lipinski definition) is 1. The van der Waals surface area contributed by atoms with E-state index in [4.69, 9.17) is 16.3 Å². The van der Waals surface area contributed by atoms with E-state index in [2.05, 4.69) is 5.32 Å². The molecule has 1 N–H and O–H groups in total. The van der Waals surface area contributed by atoms with Gasteiger partial charge in [-0.1, -0.05) is 56.0 Å². The number of sulfonamides is 1. The van der Waals surface area contributed by atoms with Crippen molar-refractivity contribution < 1.29 is 22.7 Å². The Balaban J connectivity index is 1.78. The van der Waals surface area contributed by atoms with Gasteiger partial charge in [-0.15, -0.1) is 0 Å². The lowest BCUT2D eigenvalue weighted by atomic mass is 9.95. The summed E-state index contributed by atoms with van der Waals surface area (Å²) in [5.74, 6) is 0.377. The van der Waals surface area contributed by atoms with Crippen molar-refractivity contribution in [3.05, 3.63) is 58.6 Å². The minimum Gasteiger partial charge on any atom is -0.497 e. The van der Waals surface area contributed by atoms with E-state index in [1.807, 2.05) is 38.1 Å². The third-order valence-corrected chi connectivity index (χ3v) is 8.86. The Morgan fingerprint density at radius 1 is 1.10 bits per heavy atom. The van der Waals surface area contributed by atoms with E-state index in [1.54, 1.807) is 30.2 Å². The molecule has 0 spiro atoms. The molecule has 0 aliphatic heterocycles. The molecular weight excluding hydrogens is 550 g/mol. The molecular formula is C30H42ClN3O5S. The summed E-state index contributed by atoms with van der Waals surface area (Å²) in [4.78, 5) is 28.7. The highest BCUT2D eigenvalue weighted by molar-refractivity contribution is 7.92. The van der Waals surface area contributed by atoms with Crippen LogP contribution in [0.2, 0.25) is 5.02 Å². The highest BCUT2D eigenvalue weighted by Crippen LogP contribution is 2.27. The number of methoxy groups -OCH3 is 1. The van der Waals surface area contributed by atoms with Crippen LogP contribution >= 0.6 is 11.6 Å². The minimum atomic E-state index is -3.61. The lowest BCUT2D eigenvalue weighted by molar-refractivity contribution is -0.141. The Morgan fingerprint density at radius 2 is 1.77 bits per heavy atom. The van der Waals surface area contributed by atoms with Gasteiger partial charge >= 0.3 is 0 Å². The summed E-state index contributed by atoms with van der Waals surface area (Å²) in [6, 6.07) is 12.1. The number of nitrogens with zero attached hydrogens (tertiary/aromatic N) is 2. The number of hydrogen-bond acceptors (Lipinski definition) is 5. The van der Waals surface area contributed by atoms with Crippen LogP contribution in [0.3, 0.4) is 0 Å². The van der Waals surface area contributed by atoms with Gasteiger partial charge in [0, 0.05) is 30.6 Å². The fraction of sp³-hybridized carbons (Fsp3) is 0.533. The average Bonchev–Trinajstić information content (AvgIpc) is 2.92. The van der Waals surface area contributed by atoms with Crippen molar-refractivity contribution in [1.29, 1.82) is 0 Å². The first-order valence-corrected chi connectivity index (χ1v) is 16.2. The van der Waals surface area contributed by atoms with Crippen LogP contribution in [0.4, 0.5) is 5.69 Å². The van der Waals surface area contributed by atoms with Gasteiger partial charge in [0.2, 0.25) is 21.8 Å². The predicted octanol–water partition coefficient (Wildman–Crippen LogP) is 5.46. The zero-order valence-electron chi connectivity index (χ0n) is 24.0. The first kappa shape index (κ1) is 31.7. The van der Waals surface area contributed by atoms with E-state index in [1.165, 1.54) is 10.7 Å². The smallest absolute Gasteiger partial charge is 0.243 e. The van der Waals surface area contributed by atoms with Gasteiger partial charge in [-0.25, -0.2) is 8.42 Å². The number of carbonyl (C=O) groups is 2. The number of benzene rings is 2. The van der Waals surface area contributed by atoms with Gasteiger partial charge in [0.1, 0.15) is 11.8 Å². The second-order valence-electron chi connectivity index (χ2n) is 10.5. The lowest BCUT2D eigenvalue weighted by Gasteiger charge is -2.33. The molecule has 2 aromatic rings. The summed E-state index contributed by atoms with van der Waals surface area (Å²) in [5.41, 5.74) is 2.15. The molecule has 3 rings (SSSR count). The maximum atomic E-state index is 13.7. The molecule has 1 fully saturated rings. The van der Waals surface area contributed by atoms with Crippen LogP contribution in [0.25, 0.3) is 0 Å². The van der Waals surface area contributed by atoms with Gasteiger partial charge in [0.05, 0.1) is 19.1 Å². The van der Waals surface area contributed by atoms with Gasteiger partial charge in [-0.3, -0.25) is 13.9 Å². The first-order chi connectivity index (χ1) is 19.0. The number of amides is 2. The maximum Gasteiger partial charge on any atom is 0.243 e. The number of rotatable bonds is 13. The Kier molecular flexibility index (Phi) is 11.7. The largest absolute Gasteiger partial charge is 0.497 e. The second-order valence-corrected chi connectivity index (χ2v) is 12.9. The normalized spacial score (nSPS) is 14.8. The van der Waals surface area contributed by atoms with E-state index < -0.39 is 16.1 Å². The van der Waals surface area contributed by atoms with E-state index >= 15 is 0 Å². The van der Waals surface area contributed by atoms with Crippen molar-refractivity contribution in [2.75, 3.05) is 24.2 Å². The van der Waals surface area contributed by atoms with Gasteiger partial charge in [0.15, 0.2) is 0 Å². The summed E-state index contributed by atoms with van der Waals surface area (Å²) in [6.07, 6.45) is 7.29. The van der Waals surface area contributed by atoms with Gasteiger partial charge in [-0.2, -0.15) is 0 Å². The fourth-order valence-electron chi connectivity index (χ4n) is 5.23. The number of halogens is 1. The highest BCUT2D eigenvalue weighted by Gasteiger charge is 2.30. The van der Waals surface area contributed by atoms with E-state index in [-0.39, 0.29) is 43.8 Å². The zero-order chi connectivity index (χ0) is 29.3. The summed E-state index contributed by atoms with van der Waals surface area (Å²) in [6.45, 7) is 4.12. The number of carbonyl (C=O) groups excluding carboxylic acids is 2. The Hall–Kier alpha value is -2.78. The predicted molar refractivity (Wildman–Crippen MR) is 160 cm³/mol. The second kappa shape index (κ2) is 14.7. The molecule has 10 heteroatoms. The van der Waals surface area contributed by atoms with Crippen molar-refractivity contribution in [1.82, 2.24) is 10.2 Å². The standard InChI is InChI=1S/C30H42ClN3O5S/c1-5-27(30(36)32-25-10-7-6-8-11-25)33(21-23-14-17-26(39-3)18-15-23)29(35)12-9-19-34(40(4,37)38)28-20-24(31)16-13-22(28)2/h13-18,20,25,27H,5-12,19,21H2,1-4H3,(H,32,36). The maximum absolute atomic E-state index is 13.7. The molecule has 1 atom stereocenters. The molecule has 1 saturated carbocycles. The van der Waals surface area contributed by atoms with Crippen molar-refractivity contribution >= 4 is 39.1 Å². The average molecular weight is 592 g/mol. The molecule has 0 saturated heterocycles. The van der Waals surface area contributed by atoms with Crippen LogP contribution in [0.15, 0.2) is 42.5 Å². The molecule has 8 nitrogen and oxygen atoms in total. The SMILES string of the molecule is CCC(C(=O)NC1CCCCC1)N(Cc1ccc(OC)cc1)C(=O)CCCN(c1cc(Cl)ccc1C)S(C)(=O)=O. The fourth-order valence-corrected chi connectivity index (χ4v) is 6.41. The topological polar surface area (TPSA) is 96.0 Å². The lowest BCUT2D eigenvalue weighted by Crippen LogP contribution is -2.51. The molecule has 0 aromatic heterocycles. The third kappa shape index (κ3) is 8.86. The Morgan fingerprint density at radius 3 is 2.38 bits per heavy atom. The van der Waals surface area contributed by atoms with Gasteiger partial charge in [-0.05, 0) is 68.0 Å². The van der Waals surface area contributed by atoms with Crippen molar-refractivity contribution in [2.45, 2.75) is 83.8 Å². The molecule has 1 aliphatic rings. The van der Waals surface area contributed by atoms with Crippen LogP contribution in [0, 0.1) is 6.92 Å². The van der Waals surface area contributed by atoms with Crippen LogP contribution in [-0.2, 0) is 26.2 Å². The Bertz CT molecular complexity index is 1250. The zero-order valence-corrected chi connectivity index (χ0v) is 25.6. The number of nitrogens with one attached hydrogen (secondary N) is 1. The molecule has 0 radical (unpaired) electrons. The quantitative estimate of drug-likeness (QED) is 0.334. The number of ether oxygens (including phenoxy) is 1. The van der Waals surface area contributed by atoms with E-state index in [0.29, 0.717) is 22.9 Å². The van der Waals surface area contributed by atoms with Gasteiger partial charge < -0.3 is 15.0 Å².